The lowest BCUT2D eigenvalue weighted by Crippen LogP contribution is -1.84. The zero-order valence-corrected chi connectivity index (χ0v) is 14.6. The highest BCUT2D eigenvalue weighted by Crippen LogP contribution is 2.36. The molecule has 2 aromatic carbocycles. The molecule has 0 aliphatic rings. The number of thiazole rings is 1. The van der Waals surface area contributed by atoms with E-state index in [1.54, 1.807) is 24.3 Å². The summed E-state index contributed by atoms with van der Waals surface area (Å²) < 4.78 is 0.958. The number of nitriles is 2. The molecule has 0 saturated carbocycles. The van der Waals surface area contributed by atoms with E-state index in [1.807, 2.05) is 24.3 Å². The van der Waals surface area contributed by atoms with E-state index < -0.39 is 0 Å². The molecule has 8 heteroatoms. The molecule has 2 heterocycles. The van der Waals surface area contributed by atoms with Crippen molar-refractivity contribution in [1.82, 2.24) is 15.0 Å². The second kappa shape index (κ2) is 6.16. The van der Waals surface area contributed by atoms with Gasteiger partial charge in [-0.1, -0.05) is 17.7 Å². The van der Waals surface area contributed by atoms with Crippen molar-refractivity contribution in [2.24, 2.45) is 0 Å². The summed E-state index contributed by atoms with van der Waals surface area (Å²) in [6.45, 7) is 0. The third-order valence-corrected chi connectivity index (χ3v) is 5.07. The summed E-state index contributed by atoms with van der Waals surface area (Å²) in [6, 6.07) is 14.2. The second-order valence-corrected chi connectivity index (χ2v) is 6.86. The first-order valence-electron chi connectivity index (χ1n) is 7.39. The lowest BCUT2D eigenvalue weighted by molar-refractivity contribution is 0.477. The fourth-order valence-electron chi connectivity index (χ4n) is 2.55. The predicted molar refractivity (Wildman–Crippen MR) is 98.7 cm³/mol. The van der Waals surface area contributed by atoms with E-state index in [1.165, 1.54) is 11.3 Å². The van der Waals surface area contributed by atoms with Gasteiger partial charge in [0, 0.05) is 10.6 Å². The normalized spacial score (nSPS) is 10.6. The zero-order chi connectivity index (χ0) is 18.3. The molecule has 4 aromatic rings. The molecule has 2 aromatic heterocycles. The molecule has 0 aliphatic heterocycles. The maximum atomic E-state index is 10.4. The molecule has 6 nitrogen and oxygen atoms in total. The van der Waals surface area contributed by atoms with Gasteiger partial charge in [-0.05, 0) is 30.3 Å². The topological polar surface area (TPSA) is 109 Å². The number of hydrogen-bond donors (Lipinski definition) is 2. The van der Waals surface area contributed by atoms with Crippen LogP contribution in [-0.2, 0) is 0 Å². The maximum absolute atomic E-state index is 10.4. The van der Waals surface area contributed by atoms with E-state index in [2.05, 4.69) is 15.0 Å². The SMILES string of the molecule is N#Cc1nc(-c2ccc(-c3nc4ccc(Cl)cc4s3)cc2O)[nH]c1C#N. The highest BCUT2D eigenvalue weighted by molar-refractivity contribution is 7.21. The number of nitrogens with zero attached hydrogens (tertiary/aromatic N) is 4. The van der Waals surface area contributed by atoms with Crippen LogP contribution in [0, 0.1) is 22.7 Å². The number of aromatic amines is 1. The minimum Gasteiger partial charge on any atom is -0.507 e. The van der Waals surface area contributed by atoms with Crippen LogP contribution < -0.4 is 0 Å². The summed E-state index contributed by atoms with van der Waals surface area (Å²) in [4.78, 5) is 11.3. The Morgan fingerprint density at radius 2 is 1.92 bits per heavy atom. The molecular weight excluding hydrogens is 370 g/mol. The van der Waals surface area contributed by atoms with E-state index in [0.29, 0.717) is 10.6 Å². The number of imidazole rings is 1. The van der Waals surface area contributed by atoms with Crippen LogP contribution in [0.15, 0.2) is 36.4 Å². The van der Waals surface area contributed by atoms with Crippen molar-refractivity contribution in [3.63, 3.8) is 0 Å². The Kier molecular flexibility index (Phi) is 3.81. The Labute approximate surface area is 156 Å². The van der Waals surface area contributed by atoms with Crippen LogP contribution in [0.5, 0.6) is 5.75 Å². The summed E-state index contributed by atoms with van der Waals surface area (Å²) in [5.41, 5.74) is 2.04. The van der Waals surface area contributed by atoms with Gasteiger partial charge in [-0.15, -0.1) is 11.3 Å². The van der Waals surface area contributed by atoms with E-state index in [4.69, 9.17) is 22.1 Å². The molecule has 26 heavy (non-hydrogen) atoms. The molecule has 0 unspecified atom stereocenters. The molecule has 0 radical (unpaired) electrons. The zero-order valence-electron chi connectivity index (χ0n) is 13.0. The third kappa shape index (κ3) is 2.66. The lowest BCUT2D eigenvalue weighted by atomic mass is 10.1. The Morgan fingerprint density at radius 1 is 1.08 bits per heavy atom. The monoisotopic (exact) mass is 377 g/mol. The quantitative estimate of drug-likeness (QED) is 0.536. The molecule has 124 valence electrons. The minimum absolute atomic E-state index is 0.00553. The molecule has 0 atom stereocenters. The van der Waals surface area contributed by atoms with Crippen molar-refractivity contribution in [3.05, 3.63) is 52.8 Å². The van der Waals surface area contributed by atoms with Gasteiger partial charge in [0.05, 0.1) is 15.8 Å². The second-order valence-electron chi connectivity index (χ2n) is 5.40. The molecule has 0 amide bonds. The molecule has 0 spiro atoms. The number of phenols is 1. The van der Waals surface area contributed by atoms with Crippen LogP contribution in [-0.4, -0.2) is 20.1 Å². The number of hydrogen-bond acceptors (Lipinski definition) is 6. The number of aromatic hydroxyl groups is 1. The summed E-state index contributed by atoms with van der Waals surface area (Å²) in [5, 5.41) is 29.8. The van der Waals surface area contributed by atoms with Crippen molar-refractivity contribution >= 4 is 33.2 Å². The van der Waals surface area contributed by atoms with Gasteiger partial charge in [0.15, 0.2) is 11.4 Å². The molecule has 2 N–H and O–H groups in total. The number of benzene rings is 2. The largest absolute Gasteiger partial charge is 0.507 e. The first-order valence-corrected chi connectivity index (χ1v) is 8.58. The van der Waals surface area contributed by atoms with Gasteiger partial charge in [-0.2, -0.15) is 10.5 Å². The molecular formula is C18H8ClN5OS. The van der Waals surface area contributed by atoms with Crippen LogP contribution in [0.4, 0.5) is 0 Å². The van der Waals surface area contributed by atoms with Gasteiger partial charge in [-0.25, -0.2) is 9.97 Å². The number of rotatable bonds is 2. The van der Waals surface area contributed by atoms with Gasteiger partial charge >= 0.3 is 0 Å². The fourth-order valence-corrected chi connectivity index (χ4v) is 3.79. The van der Waals surface area contributed by atoms with Crippen molar-refractivity contribution in [2.45, 2.75) is 0 Å². The highest BCUT2D eigenvalue weighted by atomic mass is 35.5. The predicted octanol–water partition coefficient (Wildman–Crippen LogP) is 4.46. The summed E-state index contributed by atoms with van der Waals surface area (Å²) in [5.74, 6) is 0.237. The Bertz CT molecular complexity index is 1210. The van der Waals surface area contributed by atoms with Gasteiger partial charge < -0.3 is 10.1 Å². The summed E-state index contributed by atoms with van der Waals surface area (Å²) in [7, 11) is 0. The average molecular weight is 378 g/mol. The maximum Gasteiger partial charge on any atom is 0.177 e. The van der Waals surface area contributed by atoms with E-state index in [0.717, 1.165) is 20.8 Å². The van der Waals surface area contributed by atoms with E-state index in [9.17, 15) is 5.11 Å². The molecule has 0 bridgehead atoms. The van der Waals surface area contributed by atoms with E-state index in [-0.39, 0.29) is 23.0 Å². The first kappa shape index (κ1) is 16.1. The third-order valence-electron chi connectivity index (χ3n) is 3.77. The minimum atomic E-state index is -0.0254. The first-order chi connectivity index (χ1) is 12.6. The summed E-state index contributed by atoms with van der Waals surface area (Å²) >= 11 is 7.48. The van der Waals surface area contributed by atoms with Gasteiger partial charge in [0.2, 0.25) is 0 Å². The number of nitrogens with one attached hydrogen (secondary N) is 1. The number of halogens is 1. The van der Waals surface area contributed by atoms with Crippen molar-refractivity contribution in [2.75, 3.05) is 0 Å². The number of aromatic nitrogens is 3. The van der Waals surface area contributed by atoms with Crippen molar-refractivity contribution in [1.29, 1.82) is 10.5 Å². The van der Waals surface area contributed by atoms with Gasteiger partial charge in [-0.3, -0.25) is 0 Å². The fraction of sp³-hybridized carbons (Fsp3) is 0. The molecule has 0 saturated heterocycles. The van der Waals surface area contributed by atoms with Gasteiger partial charge in [0.25, 0.3) is 0 Å². The average Bonchev–Trinajstić information content (AvgIpc) is 3.24. The van der Waals surface area contributed by atoms with Crippen molar-refractivity contribution < 1.29 is 5.11 Å². The standard InChI is InChI=1S/C18H8ClN5OS/c19-10-2-4-12-16(6-10)26-18(24-12)9-1-3-11(15(25)5-9)17-22-13(7-20)14(8-21)23-17/h1-6,25H,(H,22,23). The molecule has 4 rings (SSSR count). The highest BCUT2D eigenvalue weighted by Gasteiger charge is 2.15. The number of H-pyrrole nitrogens is 1. The molecule has 0 fully saturated rings. The smallest absolute Gasteiger partial charge is 0.177 e. The Morgan fingerprint density at radius 3 is 2.62 bits per heavy atom. The van der Waals surface area contributed by atoms with Gasteiger partial charge in [0.1, 0.15) is 28.7 Å². The van der Waals surface area contributed by atoms with Crippen LogP contribution in [0.25, 0.3) is 32.2 Å². The lowest BCUT2D eigenvalue weighted by Gasteiger charge is -2.03. The van der Waals surface area contributed by atoms with Crippen molar-refractivity contribution in [3.8, 4) is 39.8 Å². The van der Waals surface area contributed by atoms with Crippen LogP contribution in [0.3, 0.4) is 0 Å². The summed E-state index contributed by atoms with van der Waals surface area (Å²) in [6.07, 6.45) is 0. The van der Waals surface area contributed by atoms with E-state index >= 15 is 0 Å². The number of fused-ring (bicyclic) bond motifs is 1. The number of phenolic OH excluding ortho intramolecular Hbond substituents is 1. The van der Waals surface area contributed by atoms with Crippen LogP contribution in [0.1, 0.15) is 11.4 Å². The molecule has 0 aliphatic carbocycles. The Balaban J connectivity index is 1.77. The Hall–Kier alpha value is -3.39. The van der Waals surface area contributed by atoms with Crippen LogP contribution >= 0.6 is 22.9 Å². The van der Waals surface area contributed by atoms with Crippen LogP contribution in [0.2, 0.25) is 5.02 Å².